The SMILES string of the molecule is N=C=O.N=C=O.N=C=O.c1ccc(C2CCCCC2)cc1. The first kappa shape index (κ1) is 20.7. The second-order valence-electron chi connectivity index (χ2n) is 4.05. The molecule has 1 saturated carbocycles. The summed E-state index contributed by atoms with van der Waals surface area (Å²) in [5.74, 6) is 0.861. The van der Waals surface area contributed by atoms with Crippen LogP contribution in [0.3, 0.4) is 0 Å². The van der Waals surface area contributed by atoms with E-state index in [0.717, 1.165) is 24.2 Å². The molecule has 0 bridgehead atoms. The lowest BCUT2D eigenvalue weighted by atomic mass is 9.84. The standard InChI is InChI=1S/C12H16.3CHNO/c1-3-7-11(8-4-1)12-9-5-2-6-10-12;3*2-1-3/h1,3-4,7-8,12H,2,5-6,9-10H2;3*2H. The van der Waals surface area contributed by atoms with Gasteiger partial charge in [-0.05, 0) is 24.3 Å². The molecular weight excluding hydrogens is 270 g/mol. The van der Waals surface area contributed by atoms with Crippen molar-refractivity contribution in [3.63, 3.8) is 0 Å². The zero-order valence-electron chi connectivity index (χ0n) is 11.7. The van der Waals surface area contributed by atoms with Crippen LogP contribution in [0, 0.1) is 16.2 Å². The van der Waals surface area contributed by atoms with Crippen molar-refractivity contribution >= 4 is 18.2 Å². The lowest BCUT2D eigenvalue weighted by molar-refractivity contribution is 0.443. The van der Waals surface area contributed by atoms with Crippen LogP contribution in [0.15, 0.2) is 30.3 Å². The average molecular weight is 289 g/mol. The van der Waals surface area contributed by atoms with E-state index in [0.29, 0.717) is 0 Å². The largest absolute Gasteiger partial charge is 0.231 e. The molecule has 21 heavy (non-hydrogen) atoms. The number of benzene rings is 1. The van der Waals surface area contributed by atoms with Gasteiger partial charge in [-0.15, -0.1) is 0 Å². The van der Waals surface area contributed by atoms with Crippen molar-refractivity contribution in [1.29, 1.82) is 16.2 Å². The lowest BCUT2D eigenvalue weighted by Gasteiger charge is -2.21. The molecule has 0 spiro atoms. The van der Waals surface area contributed by atoms with Crippen LogP contribution in [0.4, 0.5) is 0 Å². The van der Waals surface area contributed by atoms with E-state index in [2.05, 4.69) is 30.3 Å². The number of hydrogen-bond acceptors (Lipinski definition) is 6. The number of hydrogen-bond donors (Lipinski definition) is 3. The summed E-state index contributed by atoms with van der Waals surface area (Å²) >= 11 is 0. The molecule has 0 atom stereocenters. The number of isocyanates is 3. The Hall–Kier alpha value is -2.64. The molecule has 1 aromatic carbocycles. The fourth-order valence-corrected chi connectivity index (χ4v) is 2.16. The Labute approximate surface area is 123 Å². The highest BCUT2D eigenvalue weighted by atomic mass is 16.1. The first-order valence-electron chi connectivity index (χ1n) is 6.38. The van der Waals surface area contributed by atoms with Crippen molar-refractivity contribution in [3.05, 3.63) is 35.9 Å². The molecule has 1 aliphatic rings. The first-order chi connectivity index (χ1) is 10.2. The molecular formula is C15H19N3O3. The summed E-state index contributed by atoms with van der Waals surface area (Å²) in [6.45, 7) is 0. The Morgan fingerprint density at radius 3 is 1.52 bits per heavy atom. The molecule has 0 radical (unpaired) electrons. The Bertz CT molecular complexity index is 422. The van der Waals surface area contributed by atoms with Gasteiger partial charge in [0.15, 0.2) is 0 Å². The minimum Gasteiger partial charge on any atom is -0.222 e. The van der Waals surface area contributed by atoms with E-state index < -0.39 is 0 Å². The van der Waals surface area contributed by atoms with Crippen molar-refractivity contribution in [2.75, 3.05) is 0 Å². The number of carbonyl (C=O) groups excluding carboxylic acids is 3. The maximum atomic E-state index is 8.35. The molecule has 6 nitrogen and oxygen atoms in total. The van der Waals surface area contributed by atoms with Gasteiger partial charge in [0.2, 0.25) is 18.2 Å². The summed E-state index contributed by atoms with van der Waals surface area (Å²) in [6, 6.07) is 11.0. The fraction of sp³-hybridized carbons (Fsp3) is 0.400. The third-order valence-electron chi connectivity index (χ3n) is 2.88. The number of nitrogens with one attached hydrogen (secondary N) is 3. The van der Waals surface area contributed by atoms with Gasteiger partial charge in [-0.3, -0.25) is 0 Å². The Morgan fingerprint density at radius 1 is 0.762 bits per heavy atom. The molecule has 1 aromatic rings. The smallest absolute Gasteiger partial charge is 0.222 e. The molecule has 112 valence electrons. The maximum Gasteiger partial charge on any atom is 0.231 e. The van der Waals surface area contributed by atoms with E-state index >= 15 is 0 Å². The highest BCUT2D eigenvalue weighted by Gasteiger charge is 2.14. The van der Waals surface area contributed by atoms with Crippen LogP contribution >= 0.6 is 0 Å². The molecule has 0 heterocycles. The van der Waals surface area contributed by atoms with Crippen LogP contribution < -0.4 is 0 Å². The molecule has 0 saturated heterocycles. The third-order valence-corrected chi connectivity index (χ3v) is 2.88. The van der Waals surface area contributed by atoms with Gasteiger partial charge < -0.3 is 0 Å². The van der Waals surface area contributed by atoms with Crippen molar-refractivity contribution in [3.8, 4) is 0 Å². The Morgan fingerprint density at radius 2 is 1.14 bits per heavy atom. The molecule has 0 unspecified atom stereocenters. The van der Waals surface area contributed by atoms with Crippen molar-refractivity contribution < 1.29 is 14.4 Å². The van der Waals surface area contributed by atoms with Gasteiger partial charge in [0.25, 0.3) is 0 Å². The van der Waals surface area contributed by atoms with Gasteiger partial charge >= 0.3 is 0 Å². The van der Waals surface area contributed by atoms with Crippen LogP contribution in [0.1, 0.15) is 43.6 Å². The summed E-state index contributed by atoms with van der Waals surface area (Å²) in [5, 5.41) is 16.2. The second kappa shape index (κ2) is 17.4. The van der Waals surface area contributed by atoms with E-state index in [-0.39, 0.29) is 0 Å². The Kier molecular flexibility index (Phi) is 17.1. The van der Waals surface area contributed by atoms with E-state index in [9.17, 15) is 0 Å². The summed E-state index contributed by atoms with van der Waals surface area (Å²) < 4.78 is 0. The summed E-state index contributed by atoms with van der Waals surface area (Å²) in [7, 11) is 0. The van der Waals surface area contributed by atoms with Crippen molar-refractivity contribution in [1.82, 2.24) is 0 Å². The third kappa shape index (κ3) is 13.6. The maximum absolute atomic E-state index is 8.35. The van der Waals surface area contributed by atoms with Crippen LogP contribution in [-0.4, -0.2) is 18.2 Å². The average Bonchev–Trinajstić information content (AvgIpc) is 2.51. The fourth-order valence-electron chi connectivity index (χ4n) is 2.16. The summed E-state index contributed by atoms with van der Waals surface area (Å²) in [4.78, 5) is 25.0. The van der Waals surface area contributed by atoms with Gasteiger partial charge in [0, 0.05) is 0 Å². The lowest BCUT2D eigenvalue weighted by Crippen LogP contribution is -2.03. The second-order valence-corrected chi connectivity index (χ2v) is 4.05. The highest BCUT2D eigenvalue weighted by Crippen LogP contribution is 2.31. The zero-order valence-corrected chi connectivity index (χ0v) is 11.7. The Balaban J connectivity index is 0. The first-order valence-corrected chi connectivity index (χ1v) is 6.38. The highest BCUT2D eigenvalue weighted by molar-refractivity contribution is 5.26. The van der Waals surface area contributed by atoms with E-state index in [1.54, 1.807) is 5.56 Å². The zero-order chi connectivity index (χ0) is 16.3. The molecule has 2 rings (SSSR count). The summed E-state index contributed by atoms with van der Waals surface area (Å²) in [5.41, 5.74) is 1.55. The van der Waals surface area contributed by atoms with Gasteiger partial charge in [-0.1, -0.05) is 49.6 Å². The van der Waals surface area contributed by atoms with Gasteiger partial charge in [-0.25, -0.2) is 30.6 Å². The molecule has 1 aliphatic carbocycles. The molecule has 3 N–H and O–H groups in total. The van der Waals surface area contributed by atoms with Crippen LogP contribution in [0.2, 0.25) is 0 Å². The quantitative estimate of drug-likeness (QED) is 0.542. The minimum absolute atomic E-state index is 0.750. The van der Waals surface area contributed by atoms with Gasteiger partial charge in [-0.2, -0.15) is 0 Å². The predicted octanol–water partition coefficient (Wildman–Crippen LogP) is 3.44. The van der Waals surface area contributed by atoms with Crippen LogP contribution in [0.5, 0.6) is 0 Å². The molecule has 0 aromatic heterocycles. The monoisotopic (exact) mass is 289 g/mol. The van der Waals surface area contributed by atoms with Crippen molar-refractivity contribution in [2.45, 2.75) is 38.0 Å². The summed E-state index contributed by atoms with van der Waals surface area (Å²) in [6.07, 6.45) is 9.37. The minimum atomic E-state index is 0.750. The molecule has 1 fully saturated rings. The van der Waals surface area contributed by atoms with Crippen molar-refractivity contribution in [2.24, 2.45) is 0 Å². The van der Waals surface area contributed by atoms with Crippen LogP contribution in [0.25, 0.3) is 0 Å². The molecule has 6 heteroatoms. The van der Waals surface area contributed by atoms with E-state index in [1.165, 1.54) is 32.1 Å². The van der Waals surface area contributed by atoms with Gasteiger partial charge in [0.1, 0.15) is 0 Å². The van der Waals surface area contributed by atoms with Crippen LogP contribution in [-0.2, 0) is 14.4 Å². The number of rotatable bonds is 1. The van der Waals surface area contributed by atoms with E-state index in [4.69, 9.17) is 30.6 Å². The van der Waals surface area contributed by atoms with Gasteiger partial charge in [0.05, 0.1) is 0 Å². The van der Waals surface area contributed by atoms with E-state index in [1.807, 2.05) is 0 Å². The molecule has 0 aliphatic heterocycles. The normalized spacial score (nSPS) is 12.2. The topological polar surface area (TPSA) is 123 Å². The molecule has 0 amide bonds. The predicted molar refractivity (Wildman–Crippen MR) is 77.5 cm³/mol.